The fourth-order valence-corrected chi connectivity index (χ4v) is 4.83. The molecule has 1 N–H and O–H groups in total. The highest BCUT2D eigenvalue weighted by atomic mass is 35.5. The Morgan fingerprint density at radius 1 is 1.18 bits per heavy atom. The zero-order valence-corrected chi connectivity index (χ0v) is 20.0. The van der Waals surface area contributed by atoms with Gasteiger partial charge >= 0.3 is 0 Å². The number of benzene rings is 2. The molecular formula is C24H22ClN7OS. The summed E-state index contributed by atoms with van der Waals surface area (Å²) in [7, 11) is 0. The van der Waals surface area contributed by atoms with Gasteiger partial charge in [0.2, 0.25) is 0 Å². The lowest BCUT2D eigenvalue weighted by atomic mass is 10.1. The van der Waals surface area contributed by atoms with Crippen LogP contribution in [-0.2, 0) is 11.3 Å². The van der Waals surface area contributed by atoms with E-state index in [0.717, 1.165) is 40.0 Å². The number of amides is 1. The fourth-order valence-electron chi connectivity index (χ4n) is 3.90. The smallest absolute Gasteiger partial charge is 0.250 e. The molecule has 34 heavy (non-hydrogen) atoms. The maximum Gasteiger partial charge on any atom is 0.250 e. The van der Waals surface area contributed by atoms with E-state index in [-0.39, 0.29) is 11.7 Å². The zero-order chi connectivity index (χ0) is 23.5. The van der Waals surface area contributed by atoms with Gasteiger partial charge in [0, 0.05) is 17.5 Å². The predicted octanol–water partition coefficient (Wildman–Crippen LogP) is 4.41. The molecule has 2 atom stereocenters. The van der Waals surface area contributed by atoms with Gasteiger partial charge in [-0.25, -0.2) is 10.4 Å². The molecule has 2 heterocycles. The largest absolute Gasteiger partial charge is 0.306 e. The molecule has 1 aliphatic rings. The number of hydrogen-bond donors (Lipinski definition) is 1. The average molecular weight is 492 g/mol. The van der Waals surface area contributed by atoms with Crippen LogP contribution in [0.25, 0.3) is 11.0 Å². The van der Waals surface area contributed by atoms with Crippen molar-refractivity contribution in [3.8, 4) is 0 Å². The molecule has 0 unspecified atom stereocenters. The summed E-state index contributed by atoms with van der Waals surface area (Å²) >= 11 is 7.36. The van der Waals surface area contributed by atoms with Gasteiger partial charge in [-0.15, -0.1) is 10.2 Å². The van der Waals surface area contributed by atoms with E-state index in [2.05, 4.69) is 54.3 Å². The summed E-state index contributed by atoms with van der Waals surface area (Å²) in [6.07, 6.45) is 4.14. The molecule has 0 bridgehead atoms. The monoisotopic (exact) mass is 491 g/mol. The molecule has 0 saturated heterocycles. The number of nitrogens with zero attached hydrogens (tertiary/aromatic N) is 6. The van der Waals surface area contributed by atoms with E-state index >= 15 is 0 Å². The van der Waals surface area contributed by atoms with Crippen LogP contribution in [0.2, 0.25) is 5.02 Å². The summed E-state index contributed by atoms with van der Waals surface area (Å²) in [4.78, 5) is 21.1. The van der Waals surface area contributed by atoms with Crippen LogP contribution in [0.1, 0.15) is 42.3 Å². The third-order valence-corrected chi connectivity index (χ3v) is 6.89. The number of fused-ring (bicyclic) bond motifs is 1. The first-order chi connectivity index (χ1) is 16.6. The van der Waals surface area contributed by atoms with E-state index in [1.165, 1.54) is 23.5 Å². The van der Waals surface area contributed by atoms with Crippen molar-refractivity contribution in [1.82, 2.24) is 30.2 Å². The van der Waals surface area contributed by atoms with Crippen LogP contribution in [0.4, 0.5) is 0 Å². The van der Waals surface area contributed by atoms with Crippen LogP contribution in [0, 0.1) is 0 Å². The average Bonchev–Trinajstić information content (AvgIpc) is 3.54. The first-order valence-corrected chi connectivity index (χ1v) is 12.3. The molecule has 0 radical (unpaired) electrons. The lowest BCUT2D eigenvalue weighted by Gasteiger charge is -2.07. The number of rotatable bonds is 8. The topological polar surface area (TPSA) is 98.0 Å². The van der Waals surface area contributed by atoms with E-state index in [0.29, 0.717) is 17.5 Å². The van der Waals surface area contributed by atoms with Gasteiger partial charge < -0.3 is 4.57 Å². The van der Waals surface area contributed by atoms with Crippen molar-refractivity contribution in [3.63, 3.8) is 0 Å². The summed E-state index contributed by atoms with van der Waals surface area (Å²) in [6.45, 7) is 2.81. The molecule has 1 fully saturated rings. The van der Waals surface area contributed by atoms with Gasteiger partial charge in [0.1, 0.15) is 11.5 Å². The number of hydrogen-bond acceptors (Lipinski definition) is 7. The number of hydrazone groups is 1. The van der Waals surface area contributed by atoms with Crippen molar-refractivity contribution in [1.29, 1.82) is 0 Å². The molecule has 10 heteroatoms. The van der Waals surface area contributed by atoms with Crippen molar-refractivity contribution in [2.75, 3.05) is 5.75 Å². The molecule has 1 amide bonds. The Morgan fingerprint density at radius 3 is 2.76 bits per heavy atom. The molecule has 2 aromatic carbocycles. The minimum atomic E-state index is -0.229. The Hall–Kier alpha value is -3.30. The predicted molar refractivity (Wildman–Crippen MR) is 133 cm³/mol. The molecule has 0 spiro atoms. The first-order valence-electron chi connectivity index (χ1n) is 11.0. The number of halogens is 1. The molecule has 4 aromatic rings. The van der Waals surface area contributed by atoms with Gasteiger partial charge in [-0.3, -0.25) is 9.78 Å². The second-order valence-electron chi connectivity index (χ2n) is 7.95. The number of thioether (sulfide) groups is 1. The SMILES string of the molecule is CCn1c(SCC(=O)N/N=C\c2cnc3ccccc3n2)nnc1[C@H]1C[C@@H]1c1ccc(Cl)cc1. The lowest BCUT2D eigenvalue weighted by molar-refractivity contribution is -0.118. The molecule has 1 saturated carbocycles. The standard InChI is InChI=1S/C24H22ClN7OS/c1-2-32-23(19-11-18(19)15-7-9-16(25)10-8-15)30-31-24(32)34-14-22(33)29-27-13-17-12-26-20-5-3-4-6-21(20)28-17/h3-10,12-13,18-19H,2,11,14H2,1H3,(H,29,33)/b27-13-/t18-,19+/m1/s1. The molecular weight excluding hydrogens is 470 g/mol. The van der Waals surface area contributed by atoms with Crippen molar-refractivity contribution in [3.05, 3.63) is 76.8 Å². The highest BCUT2D eigenvalue weighted by molar-refractivity contribution is 7.99. The van der Waals surface area contributed by atoms with E-state index < -0.39 is 0 Å². The second-order valence-corrected chi connectivity index (χ2v) is 9.33. The highest BCUT2D eigenvalue weighted by Crippen LogP contribution is 2.54. The highest BCUT2D eigenvalue weighted by Gasteiger charge is 2.43. The van der Waals surface area contributed by atoms with E-state index in [1.54, 1.807) is 6.20 Å². The van der Waals surface area contributed by atoms with E-state index in [4.69, 9.17) is 11.6 Å². The maximum atomic E-state index is 12.3. The number of carbonyl (C=O) groups excluding carboxylic acids is 1. The third kappa shape index (κ3) is 4.95. The van der Waals surface area contributed by atoms with Crippen molar-refractivity contribution < 1.29 is 4.79 Å². The molecule has 2 aromatic heterocycles. The Labute approximate surface area is 205 Å². The Kier molecular flexibility index (Phi) is 6.55. The lowest BCUT2D eigenvalue weighted by Crippen LogP contribution is -2.20. The number of para-hydroxylation sites is 2. The van der Waals surface area contributed by atoms with Crippen LogP contribution in [0.15, 0.2) is 65.0 Å². The number of nitrogens with one attached hydrogen (secondary N) is 1. The van der Waals surface area contributed by atoms with E-state index in [9.17, 15) is 4.79 Å². The van der Waals surface area contributed by atoms with Crippen molar-refractivity contribution in [2.45, 2.75) is 36.9 Å². The summed E-state index contributed by atoms with van der Waals surface area (Å²) in [5.41, 5.74) is 5.96. The molecule has 0 aliphatic heterocycles. The fraction of sp³-hybridized carbons (Fsp3) is 0.250. The summed E-state index contributed by atoms with van der Waals surface area (Å²) < 4.78 is 2.09. The molecule has 8 nitrogen and oxygen atoms in total. The Bertz CT molecular complexity index is 1360. The van der Waals surface area contributed by atoms with Crippen molar-refractivity contribution in [2.24, 2.45) is 5.10 Å². The normalized spacial score (nSPS) is 17.4. The van der Waals surface area contributed by atoms with Gasteiger partial charge in [0.05, 0.1) is 29.2 Å². The van der Waals surface area contributed by atoms with Gasteiger partial charge in [0.25, 0.3) is 5.91 Å². The number of aromatic nitrogens is 5. The van der Waals surface area contributed by atoms with Gasteiger partial charge in [-0.2, -0.15) is 5.10 Å². The van der Waals surface area contributed by atoms with Crippen LogP contribution in [0.5, 0.6) is 0 Å². The van der Waals surface area contributed by atoms with Gasteiger partial charge in [-0.05, 0) is 49.1 Å². The summed E-state index contributed by atoms with van der Waals surface area (Å²) in [6, 6.07) is 15.6. The van der Waals surface area contributed by atoms with Crippen molar-refractivity contribution >= 4 is 46.5 Å². The van der Waals surface area contributed by atoms with Gasteiger partial charge in [0.15, 0.2) is 5.16 Å². The Balaban J connectivity index is 1.16. The molecule has 5 rings (SSSR count). The quantitative estimate of drug-likeness (QED) is 0.223. The minimum Gasteiger partial charge on any atom is -0.306 e. The van der Waals surface area contributed by atoms with Gasteiger partial charge in [-0.1, -0.05) is 47.6 Å². The van der Waals surface area contributed by atoms with Crippen LogP contribution in [0.3, 0.4) is 0 Å². The third-order valence-electron chi connectivity index (χ3n) is 5.67. The van der Waals surface area contributed by atoms with Crippen LogP contribution >= 0.6 is 23.4 Å². The van der Waals surface area contributed by atoms with Crippen LogP contribution in [-0.4, -0.2) is 42.6 Å². The number of carbonyl (C=O) groups is 1. The minimum absolute atomic E-state index is 0.185. The summed E-state index contributed by atoms with van der Waals surface area (Å²) in [5, 5.41) is 14.3. The second kappa shape index (κ2) is 9.90. The first kappa shape index (κ1) is 22.5. The van der Waals surface area contributed by atoms with E-state index in [1.807, 2.05) is 36.4 Å². The van der Waals surface area contributed by atoms with Crippen LogP contribution < -0.4 is 5.43 Å². The Morgan fingerprint density at radius 2 is 1.97 bits per heavy atom. The summed E-state index contributed by atoms with van der Waals surface area (Å²) in [5.74, 6) is 1.69. The molecule has 172 valence electrons. The molecule has 1 aliphatic carbocycles. The maximum absolute atomic E-state index is 12.3. The zero-order valence-electron chi connectivity index (χ0n) is 18.4.